The molecule has 0 aliphatic heterocycles. The first-order chi connectivity index (χ1) is 13.8. The molecule has 0 saturated heterocycles. The molecule has 0 aromatic heterocycles. The van der Waals surface area contributed by atoms with Crippen LogP contribution in [-0.4, -0.2) is 47.0 Å². The number of sulfonamides is 1. The maximum Gasteiger partial charge on any atom is 0.240 e. The van der Waals surface area contributed by atoms with Gasteiger partial charge in [-0.05, 0) is 55.8 Å². The van der Waals surface area contributed by atoms with Gasteiger partial charge in [0.15, 0.2) is 11.5 Å². The lowest BCUT2D eigenvalue weighted by Gasteiger charge is -2.22. The molecule has 0 aliphatic carbocycles. The van der Waals surface area contributed by atoms with Crippen LogP contribution in [0.3, 0.4) is 0 Å². The minimum absolute atomic E-state index is 0.0363. The Morgan fingerprint density at radius 1 is 1.00 bits per heavy atom. The van der Waals surface area contributed by atoms with E-state index in [-0.39, 0.29) is 10.8 Å². The lowest BCUT2D eigenvalue weighted by Crippen LogP contribution is -2.30. The average Bonchev–Trinajstić information content (AvgIpc) is 2.75. The summed E-state index contributed by atoms with van der Waals surface area (Å²) in [4.78, 5) is 14.7. The van der Waals surface area contributed by atoms with Crippen LogP contribution in [0, 0.1) is 0 Å². The molecule has 7 nitrogen and oxygen atoms in total. The van der Waals surface area contributed by atoms with Crippen LogP contribution < -0.4 is 14.2 Å². The molecule has 2 aromatic carbocycles. The van der Waals surface area contributed by atoms with E-state index in [4.69, 9.17) is 9.47 Å². The highest BCUT2D eigenvalue weighted by Crippen LogP contribution is 2.28. The molecule has 0 unspecified atom stereocenters. The second-order valence-electron chi connectivity index (χ2n) is 6.45. The van der Waals surface area contributed by atoms with Crippen LogP contribution in [0.5, 0.6) is 11.5 Å². The molecule has 2 rings (SSSR count). The number of hydrogen-bond donors (Lipinski definition) is 1. The smallest absolute Gasteiger partial charge is 0.240 e. The zero-order chi connectivity index (χ0) is 21.4. The maximum atomic E-state index is 12.7. The Morgan fingerprint density at radius 2 is 1.62 bits per heavy atom. The summed E-state index contributed by atoms with van der Waals surface area (Å²) in [6.07, 6.45) is 0.889. The van der Waals surface area contributed by atoms with Crippen molar-refractivity contribution in [3.63, 3.8) is 0 Å². The standard InChI is InChI=1S/C21H28N2O5S/c1-5-23(15-17-8-12-19(27-3)20(14-17)28-4)21(24)13-9-16-6-10-18(11-7-16)29(25,26)22-2/h6-8,10-12,14,22H,5,9,13,15H2,1-4H3. The number of amides is 1. The van der Waals surface area contributed by atoms with Crippen molar-refractivity contribution < 1.29 is 22.7 Å². The highest BCUT2D eigenvalue weighted by molar-refractivity contribution is 7.89. The summed E-state index contributed by atoms with van der Waals surface area (Å²) in [5, 5.41) is 0. The van der Waals surface area contributed by atoms with E-state index in [1.165, 1.54) is 7.05 Å². The third-order valence-electron chi connectivity index (χ3n) is 4.69. The molecular formula is C21H28N2O5S. The lowest BCUT2D eigenvalue weighted by molar-refractivity contribution is -0.131. The maximum absolute atomic E-state index is 12.7. The molecule has 1 amide bonds. The Hall–Kier alpha value is -2.58. The van der Waals surface area contributed by atoms with Gasteiger partial charge in [0.05, 0.1) is 19.1 Å². The van der Waals surface area contributed by atoms with Gasteiger partial charge in [-0.1, -0.05) is 18.2 Å². The Bertz CT molecular complexity index is 927. The number of carbonyl (C=O) groups is 1. The van der Waals surface area contributed by atoms with Gasteiger partial charge in [-0.3, -0.25) is 4.79 Å². The van der Waals surface area contributed by atoms with Crippen molar-refractivity contribution in [2.75, 3.05) is 27.8 Å². The van der Waals surface area contributed by atoms with Crippen molar-refractivity contribution in [2.24, 2.45) is 0 Å². The predicted octanol–water partition coefficient (Wildman–Crippen LogP) is 2.59. The van der Waals surface area contributed by atoms with Crippen LogP contribution in [0.15, 0.2) is 47.4 Å². The Morgan fingerprint density at radius 3 is 2.17 bits per heavy atom. The van der Waals surface area contributed by atoms with Gasteiger partial charge in [-0.2, -0.15) is 0 Å². The minimum atomic E-state index is -3.45. The molecule has 0 atom stereocenters. The summed E-state index contributed by atoms with van der Waals surface area (Å²) in [5.41, 5.74) is 1.87. The summed E-state index contributed by atoms with van der Waals surface area (Å²) >= 11 is 0. The predicted molar refractivity (Wildman–Crippen MR) is 112 cm³/mol. The third-order valence-corrected chi connectivity index (χ3v) is 6.12. The van der Waals surface area contributed by atoms with Crippen LogP contribution in [0.2, 0.25) is 0 Å². The van der Waals surface area contributed by atoms with Gasteiger partial charge in [0.1, 0.15) is 0 Å². The van der Waals surface area contributed by atoms with Crippen molar-refractivity contribution in [2.45, 2.75) is 31.2 Å². The van der Waals surface area contributed by atoms with E-state index in [2.05, 4.69) is 4.72 Å². The molecule has 29 heavy (non-hydrogen) atoms. The highest BCUT2D eigenvalue weighted by Gasteiger charge is 2.15. The topological polar surface area (TPSA) is 84.9 Å². The van der Waals surface area contributed by atoms with Crippen LogP contribution in [0.4, 0.5) is 0 Å². The van der Waals surface area contributed by atoms with Crippen molar-refractivity contribution >= 4 is 15.9 Å². The molecule has 2 aromatic rings. The van der Waals surface area contributed by atoms with Crippen molar-refractivity contribution in [1.82, 2.24) is 9.62 Å². The summed E-state index contributed by atoms with van der Waals surface area (Å²) in [5.74, 6) is 1.31. The number of aryl methyl sites for hydroxylation is 1. The first kappa shape index (κ1) is 22.7. The minimum Gasteiger partial charge on any atom is -0.493 e. The van der Waals surface area contributed by atoms with E-state index in [0.29, 0.717) is 37.4 Å². The van der Waals surface area contributed by atoms with Gasteiger partial charge >= 0.3 is 0 Å². The first-order valence-corrected chi connectivity index (χ1v) is 10.8. The zero-order valence-corrected chi connectivity index (χ0v) is 18.1. The number of carbonyl (C=O) groups excluding carboxylic acids is 1. The Balaban J connectivity index is 2.00. The second kappa shape index (κ2) is 10.3. The monoisotopic (exact) mass is 420 g/mol. The fourth-order valence-electron chi connectivity index (χ4n) is 2.94. The molecule has 158 valence electrons. The van der Waals surface area contributed by atoms with Gasteiger partial charge in [-0.25, -0.2) is 13.1 Å². The van der Waals surface area contributed by atoms with Crippen molar-refractivity contribution in [3.8, 4) is 11.5 Å². The Kier molecular flexibility index (Phi) is 8.04. The molecule has 0 bridgehead atoms. The van der Waals surface area contributed by atoms with Gasteiger partial charge in [0.2, 0.25) is 15.9 Å². The summed E-state index contributed by atoms with van der Waals surface area (Å²) in [6.45, 7) is 3.01. The van der Waals surface area contributed by atoms with Crippen LogP contribution >= 0.6 is 0 Å². The van der Waals surface area contributed by atoms with E-state index in [9.17, 15) is 13.2 Å². The highest BCUT2D eigenvalue weighted by atomic mass is 32.2. The first-order valence-electron chi connectivity index (χ1n) is 9.35. The van der Waals surface area contributed by atoms with E-state index in [0.717, 1.165) is 11.1 Å². The fraction of sp³-hybridized carbons (Fsp3) is 0.381. The largest absolute Gasteiger partial charge is 0.493 e. The molecule has 0 spiro atoms. The quantitative estimate of drug-likeness (QED) is 0.639. The number of nitrogens with one attached hydrogen (secondary N) is 1. The fourth-order valence-corrected chi connectivity index (χ4v) is 3.67. The molecule has 0 fully saturated rings. The lowest BCUT2D eigenvalue weighted by atomic mass is 10.1. The van der Waals surface area contributed by atoms with Crippen LogP contribution in [0.1, 0.15) is 24.5 Å². The normalized spacial score (nSPS) is 11.2. The van der Waals surface area contributed by atoms with E-state index in [1.807, 2.05) is 25.1 Å². The van der Waals surface area contributed by atoms with E-state index in [1.54, 1.807) is 43.4 Å². The number of rotatable bonds is 10. The van der Waals surface area contributed by atoms with Crippen LogP contribution in [-0.2, 0) is 27.8 Å². The molecule has 0 heterocycles. The van der Waals surface area contributed by atoms with Crippen molar-refractivity contribution in [1.29, 1.82) is 0 Å². The number of hydrogen-bond acceptors (Lipinski definition) is 5. The number of ether oxygens (including phenoxy) is 2. The zero-order valence-electron chi connectivity index (χ0n) is 17.3. The van der Waals surface area contributed by atoms with Gasteiger partial charge in [-0.15, -0.1) is 0 Å². The summed E-state index contributed by atoms with van der Waals surface area (Å²) in [7, 11) is 1.09. The van der Waals surface area contributed by atoms with Crippen LogP contribution in [0.25, 0.3) is 0 Å². The molecule has 0 aliphatic rings. The summed E-state index contributed by atoms with van der Waals surface area (Å²) in [6, 6.07) is 12.2. The van der Waals surface area contributed by atoms with Crippen molar-refractivity contribution in [3.05, 3.63) is 53.6 Å². The van der Waals surface area contributed by atoms with Gasteiger partial charge in [0.25, 0.3) is 0 Å². The molecule has 1 N–H and O–H groups in total. The molecular weight excluding hydrogens is 392 g/mol. The summed E-state index contributed by atoms with van der Waals surface area (Å²) < 4.78 is 36.4. The average molecular weight is 421 g/mol. The van der Waals surface area contributed by atoms with E-state index < -0.39 is 10.0 Å². The molecule has 0 radical (unpaired) electrons. The number of benzene rings is 2. The molecule has 0 saturated carbocycles. The van der Waals surface area contributed by atoms with E-state index >= 15 is 0 Å². The third kappa shape index (κ3) is 5.95. The number of methoxy groups -OCH3 is 2. The number of nitrogens with zero attached hydrogens (tertiary/aromatic N) is 1. The molecule has 8 heteroatoms. The van der Waals surface area contributed by atoms with Gasteiger partial charge < -0.3 is 14.4 Å². The SMILES string of the molecule is CCN(Cc1ccc(OC)c(OC)c1)C(=O)CCc1ccc(S(=O)(=O)NC)cc1. The van der Waals surface area contributed by atoms with Gasteiger partial charge in [0, 0.05) is 19.5 Å². The second-order valence-corrected chi connectivity index (χ2v) is 8.34. The Labute approximate surface area is 172 Å².